The number of hydrogen-bond donors (Lipinski definition) is 0. The molecule has 0 fully saturated rings. The lowest BCUT2D eigenvalue weighted by Crippen LogP contribution is -2.05. The second-order valence-corrected chi connectivity index (χ2v) is 5.05. The first-order valence-electron chi connectivity index (χ1n) is 6.89. The van der Waals surface area contributed by atoms with Crippen LogP contribution in [-0.2, 0) is 6.42 Å². The Bertz CT molecular complexity index is 871. The van der Waals surface area contributed by atoms with Crippen LogP contribution >= 0.6 is 0 Å². The van der Waals surface area contributed by atoms with Crippen LogP contribution in [0.3, 0.4) is 0 Å². The smallest absolute Gasteiger partial charge is 0.273 e. The van der Waals surface area contributed by atoms with E-state index in [1.165, 1.54) is 6.07 Å². The lowest BCUT2D eigenvalue weighted by Gasteiger charge is -2.04. The predicted molar refractivity (Wildman–Crippen MR) is 85.1 cm³/mol. The average Bonchev–Trinajstić information content (AvgIpc) is 2.54. The van der Waals surface area contributed by atoms with Gasteiger partial charge in [-0.25, -0.2) is 0 Å². The van der Waals surface area contributed by atoms with Gasteiger partial charge >= 0.3 is 0 Å². The minimum atomic E-state index is -0.455. The van der Waals surface area contributed by atoms with E-state index in [0.717, 1.165) is 10.8 Å². The number of hydrogen-bond acceptors (Lipinski definition) is 3. The molecular weight excluding hydrogens is 278 g/mol. The van der Waals surface area contributed by atoms with Crippen LogP contribution in [0.15, 0.2) is 66.7 Å². The summed E-state index contributed by atoms with van der Waals surface area (Å²) in [5.41, 5.74) is 0.985. The van der Waals surface area contributed by atoms with Gasteiger partial charge in [0.15, 0.2) is 5.78 Å². The molecule has 0 radical (unpaired) electrons. The zero-order valence-corrected chi connectivity index (χ0v) is 11.7. The Morgan fingerprint density at radius 1 is 0.909 bits per heavy atom. The molecule has 3 rings (SSSR count). The third kappa shape index (κ3) is 2.72. The van der Waals surface area contributed by atoms with Crippen LogP contribution in [-0.4, -0.2) is 10.7 Å². The van der Waals surface area contributed by atoms with Crippen LogP contribution in [0.2, 0.25) is 0 Å². The molecule has 0 saturated heterocycles. The van der Waals surface area contributed by atoms with Crippen molar-refractivity contribution >= 4 is 22.2 Å². The molecule has 0 unspecified atom stereocenters. The Kier molecular flexibility index (Phi) is 3.66. The molecule has 0 bridgehead atoms. The standard InChI is InChI=1S/C18H13NO3/c20-18(12-15-7-3-4-8-17(15)19(21)22)16-10-9-13-5-1-2-6-14(13)11-16/h1-11H,12H2. The molecular formula is C18H13NO3. The van der Waals surface area contributed by atoms with Crippen molar-refractivity contribution in [2.45, 2.75) is 6.42 Å². The lowest BCUT2D eigenvalue weighted by molar-refractivity contribution is -0.385. The third-order valence-electron chi connectivity index (χ3n) is 3.61. The summed E-state index contributed by atoms with van der Waals surface area (Å²) in [6, 6.07) is 19.6. The summed E-state index contributed by atoms with van der Waals surface area (Å²) in [7, 11) is 0. The van der Waals surface area contributed by atoms with Gasteiger partial charge in [-0.05, 0) is 16.8 Å². The van der Waals surface area contributed by atoms with Gasteiger partial charge in [0.25, 0.3) is 5.69 Å². The summed E-state index contributed by atoms with van der Waals surface area (Å²) in [5.74, 6) is -0.125. The fraction of sp³-hybridized carbons (Fsp3) is 0.0556. The molecule has 3 aromatic carbocycles. The molecule has 0 saturated carbocycles. The van der Waals surface area contributed by atoms with Crippen molar-refractivity contribution in [2.75, 3.05) is 0 Å². The second kappa shape index (κ2) is 5.77. The first-order valence-corrected chi connectivity index (χ1v) is 6.89. The number of nitro benzene ring substituents is 1. The number of carbonyl (C=O) groups is 1. The molecule has 0 heterocycles. The van der Waals surface area contributed by atoms with Crippen LogP contribution in [0.4, 0.5) is 5.69 Å². The topological polar surface area (TPSA) is 60.2 Å². The van der Waals surface area contributed by atoms with Gasteiger partial charge in [0.1, 0.15) is 0 Å². The Morgan fingerprint density at radius 3 is 2.36 bits per heavy atom. The molecule has 0 aliphatic rings. The highest BCUT2D eigenvalue weighted by molar-refractivity contribution is 6.01. The number of nitro groups is 1. The Hall–Kier alpha value is -3.01. The SMILES string of the molecule is O=C(Cc1ccccc1[N+](=O)[O-])c1ccc2ccccc2c1. The molecule has 22 heavy (non-hydrogen) atoms. The largest absolute Gasteiger partial charge is 0.294 e. The zero-order valence-electron chi connectivity index (χ0n) is 11.7. The number of rotatable bonds is 4. The molecule has 0 N–H and O–H groups in total. The van der Waals surface area contributed by atoms with E-state index in [1.54, 1.807) is 24.3 Å². The van der Waals surface area contributed by atoms with Crippen LogP contribution in [0.25, 0.3) is 10.8 Å². The van der Waals surface area contributed by atoms with Crippen molar-refractivity contribution < 1.29 is 9.72 Å². The molecule has 0 aliphatic heterocycles. The molecule has 4 nitrogen and oxygen atoms in total. The van der Waals surface area contributed by atoms with E-state index in [9.17, 15) is 14.9 Å². The van der Waals surface area contributed by atoms with E-state index < -0.39 is 4.92 Å². The fourth-order valence-electron chi connectivity index (χ4n) is 2.48. The third-order valence-corrected chi connectivity index (χ3v) is 3.61. The van der Waals surface area contributed by atoms with Crippen molar-refractivity contribution in [1.29, 1.82) is 0 Å². The number of Topliss-reactive ketones (excluding diaryl/α,β-unsaturated/α-hetero) is 1. The van der Waals surface area contributed by atoms with E-state index in [4.69, 9.17) is 0 Å². The molecule has 0 atom stereocenters. The van der Waals surface area contributed by atoms with Gasteiger partial charge < -0.3 is 0 Å². The summed E-state index contributed by atoms with van der Waals surface area (Å²) in [5, 5.41) is 13.1. The van der Waals surface area contributed by atoms with Gasteiger partial charge in [-0.15, -0.1) is 0 Å². The highest BCUT2D eigenvalue weighted by atomic mass is 16.6. The quantitative estimate of drug-likeness (QED) is 0.411. The number of nitrogens with zero attached hydrogens (tertiary/aromatic N) is 1. The Morgan fingerprint density at radius 2 is 1.59 bits per heavy atom. The van der Waals surface area contributed by atoms with Crippen LogP contribution in [0.5, 0.6) is 0 Å². The van der Waals surface area contributed by atoms with Gasteiger partial charge in [-0.2, -0.15) is 0 Å². The van der Waals surface area contributed by atoms with Crippen LogP contribution in [0, 0.1) is 10.1 Å². The summed E-state index contributed by atoms with van der Waals surface area (Å²) >= 11 is 0. The van der Waals surface area contributed by atoms with Crippen LogP contribution < -0.4 is 0 Å². The van der Waals surface area contributed by atoms with E-state index in [-0.39, 0.29) is 17.9 Å². The fourth-order valence-corrected chi connectivity index (χ4v) is 2.48. The number of benzene rings is 3. The summed E-state index contributed by atoms with van der Waals surface area (Å²) in [4.78, 5) is 23.0. The van der Waals surface area contributed by atoms with E-state index in [0.29, 0.717) is 11.1 Å². The van der Waals surface area contributed by atoms with Crippen molar-refractivity contribution in [2.24, 2.45) is 0 Å². The maximum absolute atomic E-state index is 12.4. The van der Waals surface area contributed by atoms with Gasteiger partial charge in [0, 0.05) is 23.6 Å². The number of para-hydroxylation sites is 1. The van der Waals surface area contributed by atoms with E-state index in [2.05, 4.69) is 0 Å². The Labute approximate surface area is 127 Å². The lowest BCUT2D eigenvalue weighted by atomic mass is 9.99. The van der Waals surface area contributed by atoms with Gasteiger partial charge in [0.05, 0.1) is 4.92 Å². The summed E-state index contributed by atoms with van der Waals surface area (Å²) < 4.78 is 0. The minimum Gasteiger partial charge on any atom is -0.294 e. The van der Waals surface area contributed by atoms with E-state index in [1.807, 2.05) is 36.4 Å². The van der Waals surface area contributed by atoms with Gasteiger partial charge in [0.2, 0.25) is 0 Å². The summed E-state index contributed by atoms with van der Waals surface area (Å²) in [6.07, 6.45) is 0.0233. The monoisotopic (exact) mass is 291 g/mol. The number of carbonyl (C=O) groups excluding carboxylic acids is 1. The maximum atomic E-state index is 12.4. The average molecular weight is 291 g/mol. The highest BCUT2D eigenvalue weighted by Crippen LogP contribution is 2.21. The first-order chi connectivity index (χ1) is 10.6. The zero-order chi connectivity index (χ0) is 15.5. The van der Waals surface area contributed by atoms with Crippen molar-refractivity contribution in [3.8, 4) is 0 Å². The minimum absolute atomic E-state index is 0.0170. The van der Waals surface area contributed by atoms with Crippen molar-refractivity contribution in [3.05, 3.63) is 88.0 Å². The molecule has 4 heteroatoms. The number of fused-ring (bicyclic) bond motifs is 1. The normalized spacial score (nSPS) is 10.5. The highest BCUT2D eigenvalue weighted by Gasteiger charge is 2.16. The van der Waals surface area contributed by atoms with Crippen LogP contribution in [0.1, 0.15) is 15.9 Å². The van der Waals surface area contributed by atoms with Gasteiger partial charge in [-0.3, -0.25) is 14.9 Å². The van der Waals surface area contributed by atoms with Gasteiger partial charge in [-0.1, -0.05) is 54.6 Å². The summed E-state index contributed by atoms with van der Waals surface area (Å²) in [6.45, 7) is 0. The number of ketones is 1. The molecule has 108 valence electrons. The van der Waals surface area contributed by atoms with E-state index >= 15 is 0 Å². The molecule has 3 aromatic rings. The second-order valence-electron chi connectivity index (χ2n) is 5.05. The maximum Gasteiger partial charge on any atom is 0.273 e. The molecule has 0 aromatic heterocycles. The first kappa shape index (κ1) is 13.9. The Balaban J connectivity index is 1.92. The van der Waals surface area contributed by atoms with Crippen molar-refractivity contribution in [3.63, 3.8) is 0 Å². The van der Waals surface area contributed by atoms with Crippen molar-refractivity contribution in [1.82, 2.24) is 0 Å². The molecule has 0 aliphatic carbocycles. The predicted octanol–water partition coefficient (Wildman–Crippen LogP) is 4.17. The molecule has 0 spiro atoms. The molecule has 0 amide bonds.